The molecular weight excluding hydrogens is 445 g/mol. The fraction of sp³-hybridized carbons (Fsp3) is 0.333. The average Bonchev–Trinajstić information content (AvgIpc) is 2.84. The predicted octanol–water partition coefficient (Wildman–Crippen LogP) is 4.30. The number of carbonyl (C=O) groups is 1. The van der Waals surface area contributed by atoms with Crippen molar-refractivity contribution in [2.75, 3.05) is 23.7 Å². The summed E-state index contributed by atoms with van der Waals surface area (Å²) in [6, 6.07) is 8.55. The standard InChI is InChI=1S/C24H25F3N6O/c1-2-22(34)30-17-8-11-33(12-9-17)21-13-19(18-7-10-29-14-20(18)28)23(32-31-21)15-3-5-16(6-4-15)24(25,26)27/h3-7,10,13-14,17H,2,8-9,11-12,28H2,1H3,(H,30,34). The van der Waals surface area contributed by atoms with Gasteiger partial charge in [0.25, 0.3) is 0 Å². The van der Waals surface area contributed by atoms with Gasteiger partial charge >= 0.3 is 6.18 Å². The molecule has 34 heavy (non-hydrogen) atoms. The zero-order valence-corrected chi connectivity index (χ0v) is 18.6. The third-order valence-corrected chi connectivity index (χ3v) is 5.91. The van der Waals surface area contributed by atoms with Crippen LogP contribution in [-0.2, 0) is 11.0 Å². The molecule has 1 amide bonds. The number of aromatic nitrogens is 3. The van der Waals surface area contributed by atoms with Gasteiger partial charge in [-0.3, -0.25) is 9.78 Å². The maximum atomic E-state index is 13.0. The first-order valence-corrected chi connectivity index (χ1v) is 11.1. The highest BCUT2D eigenvalue weighted by molar-refractivity contribution is 5.87. The van der Waals surface area contributed by atoms with Crippen LogP contribution >= 0.6 is 0 Å². The molecule has 0 saturated carbocycles. The van der Waals surface area contributed by atoms with E-state index in [1.165, 1.54) is 18.3 Å². The van der Waals surface area contributed by atoms with Crippen molar-refractivity contribution in [3.8, 4) is 22.4 Å². The Morgan fingerprint density at radius 1 is 1.12 bits per heavy atom. The van der Waals surface area contributed by atoms with Crippen molar-refractivity contribution >= 4 is 17.4 Å². The number of carbonyl (C=O) groups excluding carboxylic acids is 1. The zero-order valence-electron chi connectivity index (χ0n) is 18.6. The van der Waals surface area contributed by atoms with Crippen LogP contribution in [0.15, 0.2) is 48.8 Å². The molecule has 1 fully saturated rings. The van der Waals surface area contributed by atoms with Crippen molar-refractivity contribution in [2.45, 2.75) is 38.4 Å². The average molecular weight is 470 g/mol. The zero-order chi connectivity index (χ0) is 24.3. The number of anilines is 2. The number of piperidine rings is 1. The monoisotopic (exact) mass is 470 g/mol. The number of nitrogen functional groups attached to an aromatic ring is 1. The summed E-state index contributed by atoms with van der Waals surface area (Å²) in [6.07, 6.45) is 0.711. The molecule has 0 aliphatic carbocycles. The van der Waals surface area contributed by atoms with E-state index in [-0.39, 0.29) is 11.9 Å². The van der Waals surface area contributed by atoms with Gasteiger partial charge in [-0.15, -0.1) is 10.2 Å². The highest BCUT2D eigenvalue weighted by Gasteiger charge is 2.30. The van der Waals surface area contributed by atoms with E-state index in [9.17, 15) is 18.0 Å². The Labute approximate surface area is 195 Å². The van der Waals surface area contributed by atoms with Gasteiger partial charge in [-0.05, 0) is 37.1 Å². The third kappa shape index (κ3) is 5.11. The summed E-state index contributed by atoms with van der Waals surface area (Å²) >= 11 is 0. The Hall–Kier alpha value is -3.69. The topological polar surface area (TPSA) is 97.0 Å². The van der Waals surface area contributed by atoms with Crippen LogP contribution in [0.1, 0.15) is 31.7 Å². The molecule has 3 N–H and O–H groups in total. The van der Waals surface area contributed by atoms with Crippen molar-refractivity contribution in [3.05, 3.63) is 54.4 Å². The van der Waals surface area contributed by atoms with Crippen molar-refractivity contribution in [1.29, 1.82) is 0 Å². The van der Waals surface area contributed by atoms with Crippen LogP contribution in [0.2, 0.25) is 0 Å². The maximum Gasteiger partial charge on any atom is 0.416 e. The molecule has 1 saturated heterocycles. The van der Waals surface area contributed by atoms with Gasteiger partial charge in [0.15, 0.2) is 5.82 Å². The minimum atomic E-state index is -4.42. The number of hydrogen-bond acceptors (Lipinski definition) is 6. The highest BCUT2D eigenvalue weighted by Crippen LogP contribution is 2.37. The van der Waals surface area contributed by atoms with Crippen LogP contribution in [0.4, 0.5) is 24.7 Å². The summed E-state index contributed by atoms with van der Waals surface area (Å²) in [5.41, 5.74) is 8.13. The molecule has 1 aliphatic rings. The number of nitrogens with two attached hydrogens (primary N) is 1. The van der Waals surface area contributed by atoms with Gasteiger partial charge in [0.1, 0.15) is 5.69 Å². The van der Waals surface area contributed by atoms with Gasteiger partial charge in [0.05, 0.1) is 17.4 Å². The van der Waals surface area contributed by atoms with Crippen molar-refractivity contribution in [1.82, 2.24) is 20.5 Å². The lowest BCUT2D eigenvalue weighted by atomic mass is 9.98. The minimum absolute atomic E-state index is 0.0367. The summed E-state index contributed by atoms with van der Waals surface area (Å²) < 4.78 is 39.0. The summed E-state index contributed by atoms with van der Waals surface area (Å²) in [5.74, 6) is 0.678. The first-order valence-electron chi connectivity index (χ1n) is 11.1. The Balaban J connectivity index is 1.66. The van der Waals surface area contributed by atoms with Crippen LogP contribution < -0.4 is 16.0 Å². The molecule has 2 aromatic heterocycles. The molecule has 4 rings (SSSR count). The Bertz CT molecular complexity index is 1160. The second-order valence-corrected chi connectivity index (χ2v) is 8.19. The number of nitrogens with zero attached hydrogens (tertiary/aromatic N) is 4. The molecule has 178 valence electrons. The van der Waals surface area contributed by atoms with Gasteiger partial charge in [-0.1, -0.05) is 19.1 Å². The quantitative estimate of drug-likeness (QED) is 0.577. The van der Waals surface area contributed by atoms with E-state index in [1.807, 2.05) is 13.0 Å². The maximum absolute atomic E-state index is 13.0. The predicted molar refractivity (Wildman–Crippen MR) is 124 cm³/mol. The lowest BCUT2D eigenvalue weighted by Crippen LogP contribution is -2.44. The number of hydrogen-bond donors (Lipinski definition) is 2. The lowest BCUT2D eigenvalue weighted by Gasteiger charge is -2.33. The number of nitrogens with one attached hydrogen (secondary N) is 1. The van der Waals surface area contributed by atoms with Crippen molar-refractivity contribution < 1.29 is 18.0 Å². The summed E-state index contributed by atoms with van der Waals surface area (Å²) in [5, 5.41) is 11.8. The number of halogens is 3. The van der Waals surface area contributed by atoms with E-state index in [2.05, 4.69) is 25.4 Å². The van der Waals surface area contributed by atoms with E-state index in [0.29, 0.717) is 53.4 Å². The van der Waals surface area contributed by atoms with Gasteiger partial charge in [-0.2, -0.15) is 13.2 Å². The smallest absolute Gasteiger partial charge is 0.397 e. The van der Waals surface area contributed by atoms with E-state index < -0.39 is 11.7 Å². The first kappa shape index (κ1) is 23.5. The Kier molecular flexibility index (Phi) is 6.67. The Morgan fingerprint density at radius 2 is 1.82 bits per heavy atom. The molecule has 10 heteroatoms. The molecule has 0 radical (unpaired) electrons. The van der Waals surface area contributed by atoms with E-state index in [4.69, 9.17) is 5.73 Å². The molecule has 0 spiro atoms. The van der Waals surface area contributed by atoms with E-state index in [0.717, 1.165) is 25.0 Å². The number of pyridine rings is 1. The highest BCUT2D eigenvalue weighted by atomic mass is 19.4. The molecule has 7 nitrogen and oxygen atoms in total. The summed E-state index contributed by atoms with van der Waals surface area (Å²) in [6.45, 7) is 3.20. The number of rotatable bonds is 5. The number of alkyl halides is 3. The van der Waals surface area contributed by atoms with Crippen LogP contribution in [-0.4, -0.2) is 40.2 Å². The molecule has 0 unspecified atom stereocenters. The third-order valence-electron chi connectivity index (χ3n) is 5.91. The van der Waals surface area contributed by atoms with Crippen molar-refractivity contribution in [2.24, 2.45) is 0 Å². The first-order chi connectivity index (χ1) is 16.3. The van der Waals surface area contributed by atoms with Crippen molar-refractivity contribution in [3.63, 3.8) is 0 Å². The van der Waals surface area contributed by atoms with Gasteiger partial charge in [0.2, 0.25) is 5.91 Å². The minimum Gasteiger partial charge on any atom is -0.397 e. The molecule has 3 heterocycles. The van der Waals surface area contributed by atoms with E-state index in [1.54, 1.807) is 12.3 Å². The van der Waals surface area contributed by atoms with Crippen LogP contribution in [0.5, 0.6) is 0 Å². The van der Waals surface area contributed by atoms with Crippen LogP contribution in [0.25, 0.3) is 22.4 Å². The lowest BCUT2D eigenvalue weighted by molar-refractivity contribution is -0.137. The molecule has 3 aromatic rings. The molecular formula is C24H25F3N6O. The fourth-order valence-electron chi connectivity index (χ4n) is 4.01. The molecule has 1 aliphatic heterocycles. The second kappa shape index (κ2) is 9.66. The molecule has 1 aromatic carbocycles. The van der Waals surface area contributed by atoms with E-state index >= 15 is 0 Å². The van der Waals surface area contributed by atoms with Gasteiger partial charge in [0, 0.05) is 48.4 Å². The molecule has 0 bridgehead atoms. The van der Waals surface area contributed by atoms with Crippen LogP contribution in [0, 0.1) is 0 Å². The fourth-order valence-corrected chi connectivity index (χ4v) is 4.01. The van der Waals surface area contributed by atoms with Gasteiger partial charge < -0.3 is 16.0 Å². The SMILES string of the molecule is CCC(=O)NC1CCN(c2cc(-c3ccncc3N)c(-c3ccc(C(F)(F)F)cc3)nn2)CC1. The largest absolute Gasteiger partial charge is 0.416 e. The summed E-state index contributed by atoms with van der Waals surface area (Å²) in [4.78, 5) is 17.8. The summed E-state index contributed by atoms with van der Waals surface area (Å²) in [7, 11) is 0. The van der Waals surface area contributed by atoms with Gasteiger partial charge in [-0.25, -0.2) is 0 Å². The molecule has 0 atom stereocenters. The van der Waals surface area contributed by atoms with Crippen LogP contribution in [0.3, 0.4) is 0 Å². The second-order valence-electron chi connectivity index (χ2n) is 8.19. The normalized spacial score (nSPS) is 14.8. The Morgan fingerprint density at radius 3 is 2.44 bits per heavy atom. The number of amides is 1. The number of benzene rings is 1.